The van der Waals surface area contributed by atoms with Crippen LogP contribution in [0.15, 0.2) is 36.5 Å². The van der Waals surface area contributed by atoms with Crippen molar-refractivity contribution in [1.82, 2.24) is 4.98 Å². The number of nitrogen functional groups attached to an aromatic ring is 1. The molecule has 0 saturated carbocycles. The Bertz CT molecular complexity index is 580. The maximum absolute atomic E-state index is 13.2. The van der Waals surface area contributed by atoms with Crippen molar-refractivity contribution >= 4 is 28.4 Å². The fourth-order valence-corrected chi connectivity index (χ4v) is 2.28. The van der Waals surface area contributed by atoms with Crippen molar-refractivity contribution in [3.05, 3.63) is 51.5 Å². The van der Waals surface area contributed by atoms with Crippen molar-refractivity contribution < 1.29 is 13.5 Å². The van der Waals surface area contributed by atoms with Gasteiger partial charge in [0.1, 0.15) is 12.5 Å². The second kappa shape index (κ2) is 6.14. The van der Waals surface area contributed by atoms with Crippen LogP contribution in [0, 0.1) is 9.39 Å². The van der Waals surface area contributed by atoms with E-state index in [1.807, 2.05) is 22.6 Å². The fourth-order valence-electron chi connectivity index (χ4n) is 1.60. The van der Waals surface area contributed by atoms with Crippen LogP contribution in [-0.4, -0.2) is 11.7 Å². The van der Waals surface area contributed by atoms with Gasteiger partial charge < -0.3 is 10.5 Å². The third kappa shape index (κ3) is 3.31. The van der Waals surface area contributed by atoms with Gasteiger partial charge in [0.15, 0.2) is 17.7 Å². The third-order valence-electron chi connectivity index (χ3n) is 2.51. The minimum atomic E-state index is -0.908. The molecule has 0 aliphatic rings. The number of anilines is 1. The molecule has 0 fully saturated rings. The zero-order valence-corrected chi connectivity index (χ0v) is 12.0. The van der Waals surface area contributed by atoms with E-state index in [2.05, 4.69) is 4.98 Å². The largest absolute Gasteiger partial charge is 0.479 e. The number of nitrogens with two attached hydrogens (primary N) is 1. The molecule has 3 nitrogen and oxygen atoms in total. The highest BCUT2D eigenvalue weighted by Crippen LogP contribution is 2.29. The number of hydrogen-bond donors (Lipinski definition) is 1. The summed E-state index contributed by atoms with van der Waals surface area (Å²) >= 11 is 2.01. The average molecular weight is 376 g/mol. The van der Waals surface area contributed by atoms with Crippen LogP contribution in [0.2, 0.25) is 0 Å². The number of benzene rings is 1. The van der Waals surface area contributed by atoms with Gasteiger partial charge in [-0.2, -0.15) is 0 Å². The van der Waals surface area contributed by atoms with Crippen LogP contribution in [0.1, 0.15) is 11.7 Å². The van der Waals surface area contributed by atoms with E-state index in [1.165, 1.54) is 18.3 Å². The van der Waals surface area contributed by atoms with Crippen LogP contribution < -0.4 is 10.5 Å². The number of aromatic nitrogens is 1. The highest BCUT2D eigenvalue weighted by Gasteiger charge is 2.18. The molecule has 0 amide bonds. The zero-order valence-electron chi connectivity index (χ0n) is 9.82. The summed E-state index contributed by atoms with van der Waals surface area (Å²) in [4.78, 5) is 3.85. The number of pyridine rings is 1. The van der Waals surface area contributed by atoms with E-state index in [9.17, 15) is 8.78 Å². The summed E-state index contributed by atoms with van der Waals surface area (Å²) in [6.45, 7) is -0.784. The first-order valence-electron chi connectivity index (χ1n) is 5.50. The molecule has 2 N–H and O–H groups in total. The second-order valence-corrected chi connectivity index (χ2v) is 4.98. The van der Waals surface area contributed by atoms with Crippen molar-refractivity contribution in [1.29, 1.82) is 0 Å². The van der Waals surface area contributed by atoms with Gasteiger partial charge >= 0.3 is 0 Å². The van der Waals surface area contributed by atoms with Crippen molar-refractivity contribution in [2.24, 2.45) is 0 Å². The number of hydrogen-bond acceptors (Lipinski definition) is 3. The zero-order chi connectivity index (χ0) is 13.8. The highest BCUT2D eigenvalue weighted by molar-refractivity contribution is 14.1. The van der Waals surface area contributed by atoms with E-state index in [0.717, 1.165) is 3.57 Å². The lowest BCUT2D eigenvalue weighted by atomic mass is 10.1. The minimum absolute atomic E-state index is 0.173. The molecule has 100 valence electrons. The molecule has 6 heteroatoms. The Labute approximate surface area is 122 Å². The van der Waals surface area contributed by atoms with Gasteiger partial charge in [-0.1, -0.05) is 0 Å². The van der Waals surface area contributed by atoms with Gasteiger partial charge in [-0.25, -0.2) is 13.8 Å². The third-order valence-corrected chi connectivity index (χ3v) is 3.50. The van der Waals surface area contributed by atoms with Gasteiger partial charge in [-0.05, 0) is 52.9 Å². The van der Waals surface area contributed by atoms with E-state index in [-0.39, 0.29) is 11.6 Å². The molecule has 0 bridgehead atoms. The smallest absolute Gasteiger partial charge is 0.166 e. The molecular formula is C13H11F2IN2O. The van der Waals surface area contributed by atoms with Crippen LogP contribution in [-0.2, 0) is 0 Å². The molecule has 0 radical (unpaired) electrons. The summed E-state index contributed by atoms with van der Waals surface area (Å²) in [6, 6.07) is 7.39. The van der Waals surface area contributed by atoms with Crippen LogP contribution in [0.4, 0.5) is 14.6 Å². The predicted molar refractivity (Wildman–Crippen MR) is 77.1 cm³/mol. The molecule has 1 aromatic heterocycles. The number of ether oxygens (including phenoxy) is 1. The van der Waals surface area contributed by atoms with E-state index in [1.54, 1.807) is 18.2 Å². The van der Waals surface area contributed by atoms with Crippen molar-refractivity contribution in [2.45, 2.75) is 6.10 Å². The van der Waals surface area contributed by atoms with Crippen LogP contribution in [0.25, 0.3) is 0 Å². The molecule has 1 unspecified atom stereocenters. The van der Waals surface area contributed by atoms with Crippen LogP contribution >= 0.6 is 22.6 Å². The molecule has 2 rings (SSSR count). The summed E-state index contributed by atoms with van der Waals surface area (Å²) in [7, 11) is 0. The summed E-state index contributed by atoms with van der Waals surface area (Å²) in [5.74, 6) is 0.0224. The standard InChI is InChI=1S/C13H11F2IN2O/c14-7-12(9-6-8(15)3-4-10(9)16)19-11-2-1-5-18-13(11)17/h1-6,12H,7H2,(H2,17,18). The number of alkyl halides is 1. The Morgan fingerprint density at radius 3 is 2.84 bits per heavy atom. The molecule has 0 spiro atoms. The lowest BCUT2D eigenvalue weighted by Crippen LogP contribution is -2.13. The van der Waals surface area contributed by atoms with E-state index < -0.39 is 18.6 Å². The van der Waals surface area contributed by atoms with Gasteiger partial charge in [-0.3, -0.25) is 0 Å². The molecule has 1 atom stereocenters. The van der Waals surface area contributed by atoms with Crippen molar-refractivity contribution in [3.63, 3.8) is 0 Å². The quantitative estimate of drug-likeness (QED) is 0.832. The molecule has 0 aliphatic heterocycles. The summed E-state index contributed by atoms with van der Waals surface area (Å²) in [5.41, 5.74) is 6.09. The van der Waals surface area contributed by atoms with E-state index >= 15 is 0 Å². The monoisotopic (exact) mass is 376 g/mol. The Morgan fingerprint density at radius 2 is 2.16 bits per heavy atom. The SMILES string of the molecule is Nc1ncccc1OC(CF)c1cc(F)ccc1I. The van der Waals surface area contributed by atoms with E-state index in [0.29, 0.717) is 5.56 Å². The van der Waals surface area contributed by atoms with Crippen molar-refractivity contribution in [2.75, 3.05) is 12.4 Å². The molecule has 19 heavy (non-hydrogen) atoms. The maximum atomic E-state index is 13.2. The molecule has 0 saturated heterocycles. The fraction of sp³-hybridized carbons (Fsp3) is 0.154. The first kappa shape index (κ1) is 14.0. The molecule has 1 aromatic carbocycles. The van der Waals surface area contributed by atoms with Gasteiger partial charge in [0.2, 0.25) is 0 Å². The molecular weight excluding hydrogens is 365 g/mol. The predicted octanol–water partition coefficient (Wildman–Crippen LogP) is 3.50. The first-order chi connectivity index (χ1) is 9.11. The normalized spacial score (nSPS) is 12.2. The second-order valence-electron chi connectivity index (χ2n) is 3.81. The Hall–Kier alpha value is -1.44. The van der Waals surface area contributed by atoms with Gasteiger partial charge in [0, 0.05) is 15.3 Å². The van der Waals surface area contributed by atoms with E-state index in [4.69, 9.17) is 10.5 Å². The number of rotatable bonds is 4. The average Bonchev–Trinajstić information content (AvgIpc) is 2.41. The van der Waals surface area contributed by atoms with Crippen LogP contribution in [0.5, 0.6) is 5.75 Å². The lowest BCUT2D eigenvalue weighted by molar-refractivity contribution is 0.166. The van der Waals surface area contributed by atoms with Gasteiger partial charge in [0.25, 0.3) is 0 Å². The summed E-state index contributed by atoms with van der Waals surface area (Å²) in [5, 5.41) is 0. The van der Waals surface area contributed by atoms with Gasteiger partial charge in [-0.15, -0.1) is 0 Å². The maximum Gasteiger partial charge on any atom is 0.166 e. The van der Waals surface area contributed by atoms with Gasteiger partial charge in [0.05, 0.1) is 0 Å². The van der Waals surface area contributed by atoms with Crippen molar-refractivity contribution in [3.8, 4) is 5.75 Å². The topological polar surface area (TPSA) is 48.1 Å². The molecule has 2 aromatic rings. The number of halogens is 3. The summed E-state index contributed by atoms with van der Waals surface area (Å²) in [6.07, 6.45) is 0.604. The lowest BCUT2D eigenvalue weighted by Gasteiger charge is -2.18. The Morgan fingerprint density at radius 1 is 1.37 bits per heavy atom. The minimum Gasteiger partial charge on any atom is -0.479 e. The van der Waals surface area contributed by atoms with Crippen LogP contribution in [0.3, 0.4) is 0 Å². The molecule has 0 aliphatic carbocycles. The Kier molecular flexibility index (Phi) is 4.52. The molecule has 1 heterocycles. The Balaban J connectivity index is 2.30. The summed E-state index contributed by atoms with van der Waals surface area (Å²) < 4.78 is 32.6. The highest BCUT2D eigenvalue weighted by atomic mass is 127. The number of nitrogens with zero attached hydrogens (tertiary/aromatic N) is 1. The first-order valence-corrected chi connectivity index (χ1v) is 6.57.